The molecule has 0 rings (SSSR count). The predicted octanol–water partition coefficient (Wildman–Crippen LogP) is 0.228. The molecule has 0 aromatic carbocycles. The molecule has 0 fully saturated rings. The monoisotopic (exact) mass is 296 g/mol. The van der Waals surface area contributed by atoms with Crippen molar-refractivity contribution in [3.63, 3.8) is 0 Å². The van der Waals surface area contributed by atoms with Crippen LogP contribution in [0, 0.1) is 0 Å². The molecular formula is C3H9BSe3. The quantitative estimate of drug-likeness (QED) is 0.653. The fraction of sp³-hybridized carbons (Fsp3) is 1.00. The van der Waals surface area contributed by atoms with Crippen LogP contribution in [0.25, 0.3) is 0 Å². The zero-order chi connectivity index (χ0) is 5.70. The average molecular weight is 293 g/mol. The van der Waals surface area contributed by atoms with Gasteiger partial charge in [0.1, 0.15) is 0 Å². The summed E-state index contributed by atoms with van der Waals surface area (Å²) in [4.78, 5) is 0. The van der Waals surface area contributed by atoms with Gasteiger partial charge in [-0.1, -0.05) is 0 Å². The van der Waals surface area contributed by atoms with Gasteiger partial charge in [-0.3, -0.25) is 0 Å². The fourth-order valence-corrected chi connectivity index (χ4v) is 7.79. The first-order valence-electron chi connectivity index (χ1n) is 1.93. The summed E-state index contributed by atoms with van der Waals surface area (Å²) in [6, 6.07) is 0. The Hall–Kier alpha value is 1.62. The fourth-order valence-electron chi connectivity index (χ4n) is 0.289. The molecule has 0 spiro atoms. The topological polar surface area (TPSA) is 0 Å². The summed E-state index contributed by atoms with van der Waals surface area (Å²) in [5.74, 6) is 7.07. The van der Waals surface area contributed by atoms with Gasteiger partial charge in [-0.25, -0.2) is 0 Å². The molecule has 42 valence electrons. The molecule has 0 N–H and O–H groups in total. The first-order valence-corrected chi connectivity index (χ1v) is 10.0. The van der Waals surface area contributed by atoms with Crippen molar-refractivity contribution in [1.82, 2.24) is 0 Å². The van der Waals surface area contributed by atoms with Gasteiger partial charge in [0.2, 0.25) is 0 Å². The van der Waals surface area contributed by atoms with Crippen molar-refractivity contribution in [1.29, 1.82) is 0 Å². The van der Waals surface area contributed by atoms with Gasteiger partial charge >= 0.3 is 65.0 Å². The Morgan fingerprint density at radius 1 is 0.857 bits per heavy atom. The summed E-state index contributed by atoms with van der Waals surface area (Å²) < 4.78 is 1.17. The SMILES string of the molecule is C[Se]B([Se]C)[Se]C. The van der Waals surface area contributed by atoms with Crippen molar-refractivity contribution in [3.05, 3.63) is 0 Å². The molecule has 0 radical (unpaired) electrons. The number of rotatable bonds is 3. The van der Waals surface area contributed by atoms with Gasteiger partial charge in [-0.2, -0.15) is 0 Å². The first kappa shape index (κ1) is 8.62. The van der Waals surface area contributed by atoms with E-state index in [0.29, 0.717) is 0 Å². The van der Waals surface area contributed by atoms with E-state index in [1.807, 2.05) is 0 Å². The summed E-state index contributed by atoms with van der Waals surface area (Å²) in [6.07, 6.45) is 0. The molecule has 4 heteroatoms. The van der Waals surface area contributed by atoms with E-state index in [-0.39, 0.29) is 0 Å². The molecule has 0 aliphatic heterocycles. The molecule has 0 heterocycles. The normalized spacial score (nSPS) is 9.00. The van der Waals surface area contributed by atoms with Crippen LogP contribution in [-0.2, 0) is 0 Å². The van der Waals surface area contributed by atoms with Crippen molar-refractivity contribution >= 4 is 47.5 Å². The summed E-state index contributed by atoms with van der Waals surface area (Å²) in [5, 5.41) is 0. The van der Waals surface area contributed by atoms with Crippen molar-refractivity contribution in [3.8, 4) is 0 Å². The van der Waals surface area contributed by atoms with Crippen molar-refractivity contribution in [2.75, 3.05) is 0 Å². The second kappa shape index (κ2) is 5.75. The summed E-state index contributed by atoms with van der Waals surface area (Å²) >= 11 is 2.84. The molecule has 0 saturated heterocycles. The second-order valence-electron chi connectivity index (χ2n) is 0.996. The van der Waals surface area contributed by atoms with E-state index in [4.69, 9.17) is 0 Å². The Labute approximate surface area is 64.7 Å². The Balaban J connectivity index is 2.99. The van der Waals surface area contributed by atoms with Gasteiger partial charge in [-0.05, 0) is 0 Å². The van der Waals surface area contributed by atoms with Gasteiger partial charge in [-0.15, -0.1) is 0 Å². The van der Waals surface area contributed by atoms with Crippen LogP contribution in [0.4, 0.5) is 0 Å². The molecule has 0 aromatic rings. The summed E-state index contributed by atoms with van der Waals surface area (Å²) in [5.41, 5.74) is 0. The van der Waals surface area contributed by atoms with Crippen LogP contribution in [0.2, 0.25) is 17.5 Å². The maximum absolute atomic E-state index is 2.36. The maximum atomic E-state index is 2.36. The Morgan fingerprint density at radius 3 is 1.14 bits per heavy atom. The van der Waals surface area contributed by atoms with Gasteiger partial charge in [0, 0.05) is 0 Å². The Bertz CT molecular complexity index is 31.7. The zero-order valence-electron chi connectivity index (χ0n) is 4.80. The van der Waals surface area contributed by atoms with Gasteiger partial charge in [0.25, 0.3) is 0 Å². The van der Waals surface area contributed by atoms with Gasteiger partial charge < -0.3 is 0 Å². The van der Waals surface area contributed by atoms with E-state index in [1.165, 1.54) is 3.15 Å². The van der Waals surface area contributed by atoms with E-state index >= 15 is 0 Å². The van der Waals surface area contributed by atoms with E-state index in [1.54, 1.807) is 0 Å². The first-order chi connectivity index (χ1) is 3.35. The molecular weight excluding hydrogens is 284 g/mol. The van der Waals surface area contributed by atoms with Crippen molar-refractivity contribution in [2.24, 2.45) is 0 Å². The van der Waals surface area contributed by atoms with Crippen molar-refractivity contribution in [2.45, 2.75) is 17.5 Å². The van der Waals surface area contributed by atoms with Crippen LogP contribution in [0.5, 0.6) is 0 Å². The molecule has 0 nitrogen and oxygen atoms in total. The standard InChI is InChI=1S/C3H9BSe3/c1-5-4(6-2)7-3/h1-3H3. The van der Waals surface area contributed by atoms with Crippen LogP contribution in [0.15, 0.2) is 0 Å². The second-order valence-corrected chi connectivity index (χ2v) is 11.5. The molecule has 0 unspecified atom stereocenters. The third kappa shape index (κ3) is 4.15. The summed E-state index contributed by atoms with van der Waals surface area (Å²) in [7, 11) is 0. The molecule has 0 amide bonds. The van der Waals surface area contributed by atoms with Crippen LogP contribution in [0.1, 0.15) is 0 Å². The zero-order valence-corrected chi connectivity index (χ0v) is 9.94. The number of hydrogen-bond donors (Lipinski definition) is 0. The minimum absolute atomic E-state index is 0.948. The third-order valence-corrected chi connectivity index (χ3v) is 15.6. The molecule has 0 aromatic heterocycles. The van der Waals surface area contributed by atoms with E-state index in [0.717, 1.165) is 44.3 Å². The number of hydrogen-bond acceptors (Lipinski definition) is 0. The van der Waals surface area contributed by atoms with Crippen LogP contribution < -0.4 is 0 Å². The van der Waals surface area contributed by atoms with Crippen LogP contribution in [0.3, 0.4) is 0 Å². The predicted molar refractivity (Wildman–Crippen MR) is 40.6 cm³/mol. The molecule has 0 saturated carbocycles. The molecule has 0 aliphatic carbocycles. The van der Waals surface area contributed by atoms with Crippen molar-refractivity contribution < 1.29 is 0 Å². The van der Waals surface area contributed by atoms with Crippen LogP contribution >= 0.6 is 0 Å². The third-order valence-electron chi connectivity index (χ3n) is 0.577. The molecule has 7 heavy (non-hydrogen) atoms. The average Bonchev–Trinajstić information content (AvgIpc) is 1.72. The Morgan fingerprint density at radius 2 is 1.14 bits per heavy atom. The van der Waals surface area contributed by atoms with Gasteiger partial charge in [0.05, 0.1) is 0 Å². The van der Waals surface area contributed by atoms with E-state index in [9.17, 15) is 0 Å². The molecule has 0 atom stereocenters. The molecule has 0 aliphatic rings. The van der Waals surface area contributed by atoms with Gasteiger partial charge in [0.15, 0.2) is 0 Å². The Kier molecular flexibility index (Phi) is 7.09. The van der Waals surface area contributed by atoms with E-state index in [2.05, 4.69) is 17.5 Å². The molecule has 0 bridgehead atoms. The summed E-state index contributed by atoms with van der Waals surface area (Å²) in [6.45, 7) is 0. The van der Waals surface area contributed by atoms with E-state index < -0.39 is 0 Å². The van der Waals surface area contributed by atoms with Crippen LogP contribution in [-0.4, -0.2) is 47.5 Å². The minimum atomic E-state index is 0.948.